The minimum Gasteiger partial charge on any atom is -0.382 e. The molecule has 0 radical (unpaired) electrons. The van der Waals surface area contributed by atoms with E-state index in [0.717, 1.165) is 23.0 Å². The summed E-state index contributed by atoms with van der Waals surface area (Å²) < 4.78 is 3.08. The summed E-state index contributed by atoms with van der Waals surface area (Å²) in [5, 5.41) is 4.48. The van der Waals surface area contributed by atoms with Gasteiger partial charge in [-0.05, 0) is 43.9 Å². The minimum atomic E-state index is 0.692. The molecule has 0 fully saturated rings. The molecular formula is C13H14BrN3. The molecule has 88 valence electrons. The highest BCUT2D eigenvalue weighted by Gasteiger charge is 2.22. The second kappa shape index (κ2) is 3.88. The summed E-state index contributed by atoms with van der Waals surface area (Å²) in [5.41, 5.74) is 10.8. The maximum atomic E-state index is 5.97. The van der Waals surface area contributed by atoms with Gasteiger partial charge in [0.25, 0.3) is 0 Å². The maximum Gasteiger partial charge on any atom is 0.149 e. The molecule has 1 aliphatic rings. The Bertz CT molecular complexity index is 587. The van der Waals surface area contributed by atoms with E-state index in [4.69, 9.17) is 5.73 Å². The quantitative estimate of drug-likeness (QED) is 0.878. The van der Waals surface area contributed by atoms with E-state index in [1.807, 2.05) is 10.7 Å². The summed E-state index contributed by atoms with van der Waals surface area (Å²) in [6.07, 6.45) is 3.32. The van der Waals surface area contributed by atoms with E-state index in [9.17, 15) is 0 Å². The van der Waals surface area contributed by atoms with Crippen LogP contribution in [0.15, 0.2) is 22.7 Å². The molecule has 0 amide bonds. The van der Waals surface area contributed by atoms with E-state index in [-0.39, 0.29) is 0 Å². The van der Waals surface area contributed by atoms with Gasteiger partial charge in [-0.15, -0.1) is 0 Å². The highest BCUT2D eigenvalue weighted by atomic mass is 79.9. The molecule has 2 aromatic rings. The van der Waals surface area contributed by atoms with Crippen molar-refractivity contribution in [1.29, 1.82) is 0 Å². The third-order valence-corrected chi connectivity index (χ3v) is 3.85. The summed E-state index contributed by atoms with van der Waals surface area (Å²) in [5.74, 6) is 0.692. The fourth-order valence-electron chi connectivity index (χ4n) is 2.48. The van der Waals surface area contributed by atoms with Crippen LogP contribution in [0.1, 0.15) is 23.2 Å². The molecule has 1 aromatic carbocycles. The maximum absolute atomic E-state index is 5.97. The third kappa shape index (κ3) is 1.67. The lowest BCUT2D eigenvalue weighted by atomic mass is 10.2. The first-order chi connectivity index (χ1) is 8.16. The molecule has 0 unspecified atom stereocenters. The van der Waals surface area contributed by atoms with Crippen LogP contribution in [0.4, 0.5) is 5.82 Å². The van der Waals surface area contributed by atoms with Gasteiger partial charge in [0.1, 0.15) is 5.82 Å². The van der Waals surface area contributed by atoms with Crippen molar-refractivity contribution >= 4 is 21.7 Å². The molecule has 0 atom stereocenters. The van der Waals surface area contributed by atoms with Crippen LogP contribution >= 0.6 is 15.9 Å². The number of nitrogens with two attached hydrogens (primary N) is 1. The number of hydrogen-bond acceptors (Lipinski definition) is 2. The van der Waals surface area contributed by atoms with Gasteiger partial charge in [0, 0.05) is 15.7 Å². The fraction of sp³-hybridized carbons (Fsp3) is 0.308. The van der Waals surface area contributed by atoms with Crippen molar-refractivity contribution in [3.8, 4) is 5.69 Å². The van der Waals surface area contributed by atoms with Crippen molar-refractivity contribution < 1.29 is 0 Å². The fourth-order valence-corrected chi connectivity index (χ4v) is 2.82. The monoisotopic (exact) mass is 291 g/mol. The summed E-state index contributed by atoms with van der Waals surface area (Å²) in [6, 6.07) is 6.24. The molecule has 1 aliphatic carbocycles. The van der Waals surface area contributed by atoms with Crippen LogP contribution < -0.4 is 5.73 Å². The molecule has 17 heavy (non-hydrogen) atoms. The van der Waals surface area contributed by atoms with Gasteiger partial charge in [-0.2, -0.15) is 5.10 Å². The molecule has 0 bridgehead atoms. The Kier molecular flexibility index (Phi) is 2.47. The predicted molar refractivity (Wildman–Crippen MR) is 72.4 cm³/mol. The molecule has 0 aliphatic heterocycles. The molecular weight excluding hydrogens is 278 g/mol. The number of halogens is 1. The van der Waals surface area contributed by atoms with Gasteiger partial charge >= 0.3 is 0 Å². The molecule has 0 saturated carbocycles. The lowest BCUT2D eigenvalue weighted by Gasteiger charge is -2.09. The first-order valence-corrected chi connectivity index (χ1v) is 6.59. The molecule has 1 heterocycles. The number of rotatable bonds is 1. The zero-order valence-electron chi connectivity index (χ0n) is 9.70. The Hall–Kier alpha value is -1.29. The van der Waals surface area contributed by atoms with Gasteiger partial charge in [0.05, 0.1) is 5.69 Å². The van der Waals surface area contributed by atoms with Crippen molar-refractivity contribution in [2.75, 3.05) is 5.73 Å². The lowest BCUT2D eigenvalue weighted by Crippen LogP contribution is -2.03. The highest BCUT2D eigenvalue weighted by Crippen LogP contribution is 2.30. The summed E-state index contributed by atoms with van der Waals surface area (Å²) >= 11 is 3.51. The van der Waals surface area contributed by atoms with Crippen molar-refractivity contribution in [1.82, 2.24) is 9.78 Å². The van der Waals surface area contributed by atoms with Crippen LogP contribution in [0.25, 0.3) is 5.69 Å². The molecule has 0 saturated heterocycles. The van der Waals surface area contributed by atoms with Crippen LogP contribution in [0, 0.1) is 6.92 Å². The Morgan fingerprint density at radius 3 is 3.00 bits per heavy atom. The number of aromatic nitrogens is 2. The van der Waals surface area contributed by atoms with E-state index in [1.54, 1.807) is 0 Å². The number of hydrogen-bond donors (Lipinski definition) is 1. The van der Waals surface area contributed by atoms with Gasteiger partial charge in [0.15, 0.2) is 0 Å². The zero-order valence-corrected chi connectivity index (χ0v) is 11.3. The minimum absolute atomic E-state index is 0.692. The second-order valence-electron chi connectivity index (χ2n) is 4.51. The van der Waals surface area contributed by atoms with Gasteiger partial charge in [-0.3, -0.25) is 0 Å². The van der Waals surface area contributed by atoms with Crippen LogP contribution in [0.5, 0.6) is 0 Å². The van der Waals surface area contributed by atoms with E-state index in [0.29, 0.717) is 5.82 Å². The summed E-state index contributed by atoms with van der Waals surface area (Å²) in [6.45, 7) is 2.10. The molecule has 1 aromatic heterocycles. The number of benzene rings is 1. The van der Waals surface area contributed by atoms with E-state index >= 15 is 0 Å². The smallest absolute Gasteiger partial charge is 0.149 e. The Morgan fingerprint density at radius 2 is 2.18 bits per heavy atom. The predicted octanol–water partition coefficient (Wildman–Crippen LogP) is 3.01. The molecule has 4 heteroatoms. The number of anilines is 1. The Balaban J connectivity index is 2.22. The molecule has 3 nitrogen and oxygen atoms in total. The molecule has 0 spiro atoms. The number of nitrogen functional groups attached to an aromatic ring is 1. The average molecular weight is 292 g/mol. The zero-order chi connectivity index (χ0) is 12.0. The highest BCUT2D eigenvalue weighted by molar-refractivity contribution is 9.10. The van der Waals surface area contributed by atoms with Crippen LogP contribution in [0.2, 0.25) is 0 Å². The van der Waals surface area contributed by atoms with Gasteiger partial charge in [0.2, 0.25) is 0 Å². The summed E-state index contributed by atoms with van der Waals surface area (Å²) in [7, 11) is 0. The average Bonchev–Trinajstić information content (AvgIpc) is 2.87. The van der Waals surface area contributed by atoms with Gasteiger partial charge < -0.3 is 5.73 Å². The first kappa shape index (κ1) is 10.8. The number of fused-ring (bicyclic) bond motifs is 1. The van der Waals surface area contributed by atoms with Crippen LogP contribution in [0.3, 0.4) is 0 Å². The van der Waals surface area contributed by atoms with Gasteiger partial charge in [-0.25, -0.2) is 4.68 Å². The Morgan fingerprint density at radius 1 is 1.35 bits per heavy atom. The Labute approximate surface area is 109 Å². The van der Waals surface area contributed by atoms with Crippen LogP contribution in [-0.2, 0) is 12.8 Å². The lowest BCUT2D eigenvalue weighted by molar-refractivity contribution is 0.784. The standard InChI is InChI=1S/C13H14BrN3/c1-8-5-6-9(14)7-12(8)17-11-4-2-3-10(11)13(15)16-17/h5-7H,2-4H2,1H3,(H2,15,16). The van der Waals surface area contributed by atoms with E-state index in [2.05, 4.69) is 40.1 Å². The number of nitrogens with zero attached hydrogens (tertiary/aromatic N) is 2. The van der Waals surface area contributed by atoms with Crippen molar-refractivity contribution in [2.45, 2.75) is 26.2 Å². The van der Waals surface area contributed by atoms with Crippen molar-refractivity contribution in [3.05, 3.63) is 39.5 Å². The topological polar surface area (TPSA) is 43.8 Å². The van der Waals surface area contributed by atoms with Gasteiger partial charge in [-0.1, -0.05) is 22.0 Å². The number of aryl methyl sites for hydroxylation is 1. The van der Waals surface area contributed by atoms with Crippen molar-refractivity contribution in [3.63, 3.8) is 0 Å². The van der Waals surface area contributed by atoms with Crippen molar-refractivity contribution in [2.24, 2.45) is 0 Å². The summed E-state index contributed by atoms with van der Waals surface area (Å²) in [4.78, 5) is 0. The van der Waals surface area contributed by atoms with Crippen LogP contribution in [-0.4, -0.2) is 9.78 Å². The molecule has 2 N–H and O–H groups in total. The first-order valence-electron chi connectivity index (χ1n) is 5.79. The normalized spacial score (nSPS) is 14.0. The second-order valence-corrected chi connectivity index (χ2v) is 5.42. The third-order valence-electron chi connectivity index (χ3n) is 3.36. The van der Waals surface area contributed by atoms with E-state index < -0.39 is 0 Å². The van der Waals surface area contributed by atoms with E-state index in [1.165, 1.54) is 23.2 Å². The molecule has 3 rings (SSSR count). The largest absolute Gasteiger partial charge is 0.382 e. The SMILES string of the molecule is Cc1ccc(Br)cc1-n1nc(N)c2c1CCC2.